The summed E-state index contributed by atoms with van der Waals surface area (Å²) in [5, 5.41) is 18.8. The van der Waals surface area contributed by atoms with Crippen LogP contribution in [0.4, 0.5) is 18.9 Å². The fourth-order valence-electron chi connectivity index (χ4n) is 3.46. The number of nitriles is 2. The Morgan fingerprint density at radius 2 is 1.92 bits per heavy atom. The highest BCUT2D eigenvalue weighted by Crippen LogP contribution is 2.41. The molecular weight excluding hydrogens is 331 g/mol. The van der Waals surface area contributed by atoms with E-state index in [1.165, 1.54) is 0 Å². The van der Waals surface area contributed by atoms with Gasteiger partial charge in [-0.1, -0.05) is 6.92 Å². The number of H-pyrrole nitrogens is 1. The van der Waals surface area contributed by atoms with Gasteiger partial charge < -0.3 is 9.88 Å². The molecule has 8 heteroatoms. The number of fused-ring (bicyclic) bond motifs is 1. The van der Waals surface area contributed by atoms with Crippen molar-refractivity contribution in [1.29, 1.82) is 10.5 Å². The van der Waals surface area contributed by atoms with Gasteiger partial charge in [0, 0.05) is 18.8 Å². The zero-order valence-electron chi connectivity index (χ0n) is 13.8. The molecule has 0 radical (unpaired) electrons. The van der Waals surface area contributed by atoms with Crippen LogP contribution < -0.4 is 4.90 Å². The molecule has 1 aliphatic rings. The molecule has 2 aromatic rings. The summed E-state index contributed by atoms with van der Waals surface area (Å²) >= 11 is 0. The maximum Gasteiger partial charge on any atom is 0.434 e. The van der Waals surface area contributed by atoms with Gasteiger partial charge in [0.1, 0.15) is 23.2 Å². The Kier molecular flexibility index (Phi) is 4.08. The summed E-state index contributed by atoms with van der Waals surface area (Å²) in [5.41, 5.74) is -0.690. The van der Waals surface area contributed by atoms with Crippen molar-refractivity contribution in [3.8, 4) is 12.1 Å². The van der Waals surface area contributed by atoms with Gasteiger partial charge >= 0.3 is 6.18 Å². The Labute approximate surface area is 142 Å². The number of hydrogen-bond acceptors (Lipinski definition) is 4. The Balaban J connectivity index is 2.39. The van der Waals surface area contributed by atoms with Crippen LogP contribution in [0.25, 0.3) is 11.0 Å². The summed E-state index contributed by atoms with van der Waals surface area (Å²) in [7, 11) is 0. The molecule has 1 aliphatic heterocycles. The van der Waals surface area contributed by atoms with E-state index in [0.717, 1.165) is 12.8 Å². The minimum Gasteiger partial charge on any atom is -0.368 e. The first-order valence-corrected chi connectivity index (χ1v) is 7.96. The second kappa shape index (κ2) is 5.96. The first kappa shape index (κ1) is 17.1. The highest BCUT2D eigenvalue weighted by atomic mass is 19.4. The Morgan fingerprint density at radius 1 is 1.24 bits per heavy atom. The molecule has 3 heterocycles. The van der Waals surface area contributed by atoms with E-state index in [-0.39, 0.29) is 16.8 Å². The lowest BCUT2D eigenvalue weighted by Gasteiger charge is -2.34. The molecule has 3 rings (SSSR count). The van der Waals surface area contributed by atoms with Gasteiger partial charge in [0.2, 0.25) is 0 Å². The summed E-state index contributed by atoms with van der Waals surface area (Å²) in [6, 6.07) is 3.61. The molecule has 2 aromatic heterocycles. The lowest BCUT2D eigenvalue weighted by molar-refractivity contribution is -0.141. The van der Waals surface area contributed by atoms with Gasteiger partial charge in [-0.15, -0.1) is 0 Å². The molecule has 0 aliphatic carbocycles. The molecule has 1 fully saturated rings. The van der Waals surface area contributed by atoms with Crippen LogP contribution in [0.1, 0.15) is 42.3 Å². The number of nitrogens with one attached hydrogen (secondary N) is 1. The topological polar surface area (TPSA) is 79.5 Å². The van der Waals surface area contributed by atoms with E-state index in [2.05, 4.69) is 9.97 Å². The molecule has 1 atom stereocenters. The number of rotatable bonds is 1. The maximum atomic E-state index is 13.5. The molecule has 0 bridgehead atoms. The third kappa shape index (κ3) is 2.78. The van der Waals surface area contributed by atoms with Crippen LogP contribution in [-0.4, -0.2) is 23.1 Å². The van der Waals surface area contributed by atoms with E-state index in [9.17, 15) is 23.7 Å². The Hall–Kier alpha value is -2.74. The smallest absolute Gasteiger partial charge is 0.368 e. The number of alkyl halides is 3. The number of aromatic amines is 1. The van der Waals surface area contributed by atoms with Crippen molar-refractivity contribution >= 4 is 16.7 Å². The molecule has 0 saturated carbocycles. The van der Waals surface area contributed by atoms with E-state index < -0.39 is 17.4 Å². The lowest BCUT2D eigenvalue weighted by Crippen LogP contribution is -2.35. The van der Waals surface area contributed by atoms with Crippen LogP contribution in [0.2, 0.25) is 0 Å². The quantitative estimate of drug-likeness (QED) is 0.849. The first-order valence-electron chi connectivity index (χ1n) is 7.96. The molecular formula is C17H16F3N5. The molecule has 0 amide bonds. The standard InChI is InChI=1S/C17H16F3N5/c1-9-4-3-5-25(8-9)15-12(7-22)16(17(18,19)20)24-13-11(6-21)10(2)23-14(13)15/h9,23H,3-5,8H2,1-2H3/t9-/m0/s1. The Morgan fingerprint density at radius 3 is 2.48 bits per heavy atom. The van der Waals surface area contributed by atoms with E-state index in [1.807, 2.05) is 17.9 Å². The summed E-state index contributed by atoms with van der Waals surface area (Å²) in [6.07, 6.45) is -2.94. The predicted molar refractivity (Wildman–Crippen MR) is 85.9 cm³/mol. The molecule has 0 spiro atoms. The average molecular weight is 347 g/mol. The highest BCUT2D eigenvalue weighted by molar-refractivity contribution is 5.96. The van der Waals surface area contributed by atoms with E-state index in [4.69, 9.17) is 0 Å². The number of halogens is 3. The molecule has 0 unspecified atom stereocenters. The predicted octanol–water partition coefficient (Wildman–Crippen LogP) is 3.87. The molecule has 1 N–H and O–H groups in total. The first-order chi connectivity index (χ1) is 11.8. The highest BCUT2D eigenvalue weighted by Gasteiger charge is 2.39. The van der Waals surface area contributed by atoms with Crippen molar-refractivity contribution < 1.29 is 13.2 Å². The number of aromatic nitrogens is 2. The fraction of sp³-hybridized carbons (Fsp3) is 0.471. The largest absolute Gasteiger partial charge is 0.434 e. The van der Waals surface area contributed by atoms with Crippen molar-refractivity contribution in [1.82, 2.24) is 9.97 Å². The van der Waals surface area contributed by atoms with Gasteiger partial charge in [-0.25, -0.2) is 4.98 Å². The van der Waals surface area contributed by atoms with Crippen molar-refractivity contribution in [3.63, 3.8) is 0 Å². The number of nitrogens with zero attached hydrogens (tertiary/aromatic N) is 4. The van der Waals surface area contributed by atoms with Crippen LogP contribution >= 0.6 is 0 Å². The van der Waals surface area contributed by atoms with Crippen LogP contribution in [0.5, 0.6) is 0 Å². The molecule has 5 nitrogen and oxygen atoms in total. The monoisotopic (exact) mass is 347 g/mol. The van der Waals surface area contributed by atoms with Gasteiger partial charge in [-0.3, -0.25) is 0 Å². The van der Waals surface area contributed by atoms with Crippen LogP contribution in [0, 0.1) is 35.5 Å². The van der Waals surface area contributed by atoms with Crippen molar-refractivity contribution in [2.24, 2.45) is 5.92 Å². The average Bonchev–Trinajstić information content (AvgIpc) is 2.86. The van der Waals surface area contributed by atoms with Gasteiger partial charge in [0.05, 0.1) is 16.8 Å². The minimum absolute atomic E-state index is 0.0282. The number of pyridine rings is 1. The molecule has 130 valence electrons. The van der Waals surface area contributed by atoms with Crippen LogP contribution in [-0.2, 0) is 6.18 Å². The van der Waals surface area contributed by atoms with Crippen molar-refractivity contribution in [3.05, 3.63) is 22.5 Å². The summed E-state index contributed by atoms with van der Waals surface area (Å²) in [4.78, 5) is 8.43. The molecule has 1 saturated heterocycles. The zero-order chi connectivity index (χ0) is 18.4. The summed E-state index contributed by atoms with van der Waals surface area (Å²) in [6.45, 7) is 4.77. The van der Waals surface area contributed by atoms with Gasteiger partial charge in [0.25, 0.3) is 0 Å². The second-order valence-electron chi connectivity index (χ2n) is 6.45. The van der Waals surface area contributed by atoms with Crippen molar-refractivity contribution in [2.45, 2.75) is 32.9 Å². The Bertz CT molecular complexity index is 914. The van der Waals surface area contributed by atoms with Gasteiger partial charge in [-0.2, -0.15) is 23.7 Å². The third-order valence-electron chi connectivity index (χ3n) is 4.56. The summed E-state index contributed by atoms with van der Waals surface area (Å²) in [5.74, 6) is 0.310. The van der Waals surface area contributed by atoms with E-state index in [1.54, 1.807) is 13.0 Å². The number of piperidine rings is 1. The third-order valence-corrected chi connectivity index (χ3v) is 4.56. The fourth-order valence-corrected chi connectivity index (χ4v) is 3.46. The number of aryl methyl sites for hydroxylation is 1. The maximum absolute atomic E-state index is 13.5. The van der Waals surface area contributed by atoms with E-state index in [0.29, 0.717) is 30.2 Å². The normalized spacial score (nSPS) is 18.2. The zero-order valence-corrected chi connectivity index (χ0v) is 13.8. The number of hydrogen-bond donors (Lipinski definition) is 1. The number of anilines is 1. The van der Waals surface area contributed by atoms with Gasteiger partial charge in [-0.05, 0) is 25.7 Å². The van der Waals surface area contributed by atoms with Crippen LogP contribution in [0.3, 0.4) is 0 Å². The van der Waals surface area contributed by atoms with Crippen LogP contribution in [0.15, 0.2) is 0 Å². The molecule has 0 aromatic carbocycles. The lowest BCUT2D eigenvalue weighted by atomic mass is 9.98. The second-order valence-corrected chi connectivity index (χ2v) is 6.45. The van der Waals surface area contributed by atoms with Gasteiger partial charge in [0.15, 0.2) is 5.69 Å². The molecule has 25 heavy (non-hydrogen) atoms. The minimum atomic E-state index is -4.77. The van der Waals surface area contributed by atoms with E-state index >= 15 is 0 Å². The van der Waals surface area contributed by atoms with Crippen molar-refractivity contribution in [2.75, 3.05) is 18.0 Å². The SMILES string of the molecule is Cc1[nH]c2c(N3CCC[C@H](C)C3)c(C#N)c(C(F)(F)F)nc2c1C#N. The summed E-state index contributed by atoms with van der Waals surface area (Å²) < 4.78 is 40.5.